The van der Waals surface area contributed by atoms with Gasteiger partial charge in [-0.15, -0.1) is 0 Å². The zero-order valence-corrected chi connectivity index (χ0v) is 16.8. The van der Waals surface area contributed by atoms with E-state index < -0.39 is 0 Å². The molecule has 8 heteroatoms. The number of carbonyl (C=O) groups is 1. The first kappa shape index (κ1) is 19.0. The van der Waals surface area contributed by atoms with Crippen LogP contribution in [-0.2, 0) is 4.79 Å². The zero-order chi connectivity index (χ0) is 18.7. The molecule has 2 aromatic carbocycles. The molecular weight excluding hydrogens is 411 g/mol. The van der Waals surface area contributed by atoms with E-state index in [0.29, 0.717) is 24.8 Å². The molecule has 0 radical (unpaired) electrons. The smallest absolute Gasteiger partial charge is 0.267 e. The van der Waals surface area contributed by atoms with Crippen LogP contribution < -0.4 is 10.1 Å². The lowest BCUT2D eigenvalue weighted by atomic mass is 10.2. The largest absolute Gasteiger partial charge is 0.497 e. The van der Waals surface area contributed by atoms with Crippen molar-refractivity contribution in [3.8, 4) is 5.75 Å². The number of halogens is 2. The first-order valence-electron chi connectivity index (χ1n) is 7.57. The number of hydrogen-bond donors (Lipinski definition) is 1. The Morgan fingerprint density at radius 1 is 1.27 bits per heavy atom. The van der Waals surface area contributed by atoms with Gasteiger partial charge in [0.1, 0.15) is 10.1 Å². The van der Waals surface area contributed by atoms with E-state index in [-0.39, 0.29) is 12.6 Å². The second kappa shape index (κ2) is 8.31. The topological polar surface area (TPSA) is 41.6 Å². The number of benzene rings is 2. The van der Waals surface area contributed by atoms with E-state index in [2.05, 4.69) is 5.32 Å². The molecule has 26 heavy (non-hydrogen) atoms. The summed E-state index contributed by atoms with van der Waals surface area (Å²) < 4.78 is 5.67. The maximum Gasteiger partial charge on any atom is 0.267 e. The fourth-order valence-electron chi connectivity index (χ4n) is 2.31. The molecule has 1 fully saturated rings. The predicted octanol–water partition coefficient (Wildman–Crippen LogP) is 5.27. The van der Waals surface area contributed by atoms with Crippen LogP contribution in [0.2, 0.25) is 10.0 Å². The van der Waals surface area contributed by atoms with E-state index in [9.17, 15) is 4.79 Å². The first-order valence-corrected chi connectivity index (χ1v) is 9.55. The highest BCUT2D eigenvalue weighted by atomic mass is 35.5. The second-order valence-electron chi connectivity index (χ2n) is 5.32. The normalized spacial score (nSPS) is 15.7. The summed E-state index contributed by atoms with van der Waals surface area (Å²) in [4.78, 5) is 14.7. The lowest BCUT2D eigenvalue weighted by Crippen LogP contribution is -2.33. The monoisotopic (exact) mass is 424 g/mol. The first-order chi connectivity index (χ1) is 12.5. The van der Waals surface area contributed by atoms with Crippen molar-refractivity contribution in [1.29, 1.82) is 0 Å². The minimum atomic E-state index is -0.175. The van der Waals surface area contributed by atoms with Gasteiger partial charge in [0.15, 0.2) is 0 Å². The molecular formula is C18H14Cl2N2O2S2. The van der Waals surface area contributed by atoms with Gasteiger partial charge in [-0.1, -0.05) is 65.4 Å². The van der Waals surface area contributed by atoms with Crippen LogP contribution >= 0.6 is 47.2 Å². The third kappa shape index (κ3) is 4.15. The SMILES string of the molecule is COc1cccc(NCN2C(=O)C(=Cc3cccc(Cl)c3Cl)SC2=S)c1. The molecule has 1 N–H and O–H groups in total. The van der Waals surface area contributed by atoms with E-state index >= 15 is 0 Å². The van der Waals surface area contributed by atoms with Crippen LogP contribution in [0, 0.1) is 0 Å². The summed E-state index contributed by atoms with van der Waals surface area (Å²) in [5.41, 5.74) is 1.51. The zero-order valence-electron chi connectivity index (χ0n) is 13.7. The average Bonchev–Trinajstić information content (AvgIpc) is 2.90. The van der Waals surface area contributed by atoms with Crippen molar-refractivity contribution in [1.82, 2.24) is 4.90 Å². The number of anilines is 1. The van der Waals surface area contributed by atoms with E-state index in [1.165, 1.54) is 16.7 Å². The highest BCUT2D eigenvalue weighted by Gasteiger charge is 2.32. The number of methoxy groups -OCH3 is 1. The molecule has 0 unspecified atom stereocenters. The van der Waals surface area contributed by atoms with Gasteiger partial charge >= 0.3 is 0 Å². The lowest BCUT2D eigenvalue weighted by molar-refractivity contribution is -0.121. The Kier molecular flexibility index (Phi) is 6.09. The van der Waals surface area contributed by atoms with Crippen molar-refractivity contribution < 1.29 is 9.53 Å². The number of amides is 1. The van der Waals surface area contributed by atoms with Crippen LogP contribution in [0.4, 0.5) is 5.69 Å². The summed E-state index contributed by atoms with van der Waals surface area (Å²) in [5.74, 6) is 0.558. The molecule has 0 aromatic heterocycles. The number of nitrogens with one attached hydrogen (secondary N) is 1. The average molecular weight is 425 g/mol. The van der Waals surface area contributed by atoms with Crippen molar-refractivity contribution in [3.63, 3.8) is 0 Å². The summed E-state index contributed by atoms with van der Waals surface area (Å²) in [6, 6.07) is 12.7. The maximum absolute atomic E-state index is 12.7. The van der Waals surface area contributed by atoms with Crippen LogP contribution in [0.1, 0.15) is 5.56 Å². The van der Waals surface area contributed by atoms with Crippen molar-refractivity contribution in [2.45, 2.75) is 0 Å². The Morgan fingerprint density at radius 2 is 2.04 bits per heavy atom. The molecule has 0 bridgehead atoms. The van der Waals surface area contributed by atoms with Gasteiger partial charge in [-0.2, -0.15) is 0 Å². The van der Waals surface area contributed by atoms with Gasteiger partial charge in [-0.3, -0.25) is 9.69 Å². The number of carbonyl (C=O) groups excluding carboxylic acids is 1. The van der Waals surface area contributed by atoms with E-state index in [4.69, 9.17) is 40.2 Å². The van der Waals surface area contributed by atoms with Gasteiger partial charge in [0.25, 0.3) is 5.91 Å². The Balaban J connectivity index is 1.74. The van der Waals surface area contributed by atoms with Gasteiger partial charge < -0.3 is 10.1 Å². The van der Waals surface area contributed by atoms with E-state index in [1.807, 2.05) is 24.3 Å². The van der Waals surface area contributed by atoms with Gasteiger partial charge in [-0.25, -0.2) is 0 Å². The molecule has 4 nitrogen and oxygen atoms in total. The summed E-state index contributed by atoms with van der Waals surface area (Å²) in [7, 11) is 1.60. The fraction of sp³-hybridized carbons (Fsp3) is 0.111. The van der Waals surface area contributed by atoms with Crippen LogP contribution in [0.3, 0.4) is 0 Å². The summed E-state index contributed by atoms with van der Waals surface area (Å²) in [6.45, 7) is 0.262. The predicted molar refractivity (Wildman–Crippen MR) is 113 cm³/mol. The molecule has 0 saturated carbocycles. The van der Waals surface area contributed by atoms with Gasteiger partial charge in [-0.05, 0) is 29.8 Å². The number of rotatable bonds is 5. The van der Waals surface area contributed by atoms with Crippen molar-refractivity contribution >= 4 is 69.2 Å². The molecule has 1 heterocycles. The highest BCUT2D eigenvalue weighted by Crippen LogP contribution is 2.35. The van der Waals surface area contributed by atoms with Crippen LogP contribution in [-0.4, -0.2) is 28.9 Å². The van der Waals surface area contributed by atoms with Crippen molar-refractivity contribution in [2.24, 2.45) is 0 Å². The number of nitrogens with zero attached hydrogens (tertiary/aromatic N) is 1. The molecule has 0 spiro atoms. The molecule has 0 atom stereocenters. The molecule has 134 valence electrons. The highest BCUT2D eigenvalue weighted by molar-refractivity contribution is 8.26. The standard InChI is InChI=1S/C18H14Cl2N2O2S2/c1-24-13-6-3-5-12(9-13)21-10-22-17(23)15(26-18(22)25)8-11-4-2-7-14(19)16(11)20/h2-9,21H,10H2,1H3. The molecule has 1 aliphatic heterocycles. The number of thiocarbonyl (C=S) groups is 1. The molecule has 0 aliphatic carbocycles. The summed E-state index contributed by atoms with van der Waals surface area (Å²) in [6.07, 6.45) is 1.71. The summed E-state index contributed by atoms with van der Waals surface area (Å²) >= 11 is 18.8. The maximum atomic E-state index is 12.7. The Bertz CT molecular complexity index is 903. The molecule has 1 amide bonds. The number of ether oxygens (including phenoxy) is 1. The lowest BCUT2D eigenvalue weighted by Gasteiger charge is -2.16. The molecule has 2 aromatic rings. The minimum absolute atomic E-state index is 0.175. The van der Waals surface area contributed by atoms with Gasteiger partial charge in [0.2, 0.25) is 0 Å². The third-order valence-electron chi connectivity index (χ3n) is 3.65. The Morgan fingerprint density at radius 3 is 2.81 bits per heavy atom. The van der Waals surface area contributed by atoms with Crippen LogP contribution in [0.25, 0.3) is 6.08 Å². The minimum Gasteiger partial charge on any atom is -0.497 e. The summed E-state index contributed by atoms with van der Waals surface area (Å²) in [5, 5.41) is 4.03. The molecule has 3 rings (SSSR count). The Hall–Kier alpha value is -1.73. The quantitative estimate of drug-likeness (QED) is 0.522. The van der Waals surface area contributed by atoms with E-state index in [1.54, 1.807) is 31.4 Å². The van der Waals surface area contributed by atoms with Crippen LogP contribution in [0.5, 0.6) is 5.75 Å². The van der Waals surface area contributed by atoms with E-state index in [0.717, 1.165) is 11.4 Å². The molecule has 1 saturated heterocycles. The van der Waals surface area contributed by atoms with Crippen LogP contribution in [0.15, 0.2) is 47.4 Å². The second-order valence-corrected chi connectivity index (χ2v) is 7.78. The Labute approximate surface area is 171 Å². The van der Waals surface area contributed by atoms with Gasteiger partial charge in [0.05, 0.1) is 28.7 Å². The fourth-order valence-corrected chi connectivity index (χ4v) is 3.92. The van der Waals surface area contributed by atoms with Crippen molar-refractivity contribution in [3.05, 3.63) is 63.0 Å². The third-order valence-corrected chi connectivity index (χ3v) is 5.86. The number of thioether (sulfide) groups is 1. The number of hydrogen-bond acceptors (Lipinski definition) is 5. The van der Waals surface area contributed by atoms with Crippen molar-refractivity contribution in [2.75, 3.05) is 19.1 Å². The van der Waals surface area contributed by atoms with Gasteiger partial charge in [0, 0.05) is 11.8 Å². The molecule has 1 aliphatic rings.